The van der Waals surface area contributed by atoms with E-state index in [1.807, 2.05) is 0 Å². The van der Waals surface area contributed by atoms with Crippen LogP contribution in [0.2, 0.25) is 0 Å². The van der Waals surface area contributed by atoms with Crippen molar-refractivity contribution in [2.24, 2.45) is 0 Å². The van der Waals surface area contributed by atoms with Gasteiger partial charge in [-0.15, -0.1) is 0 Å². The minimum absolute atomic E-state index is 0.777. The van der Waals surface area contributed by atoms with Gasteiger partial charge < -0.3 is 5.32 Å². The van der Waals surface area contributed by atoms with Gasteiger partial charge >= 0.3 is 0 Å². The first-order chi connectivity index (χ1) is 4.47. The molecule has 0 aromatic carbocycles. The molecule has 1 fully saturated rings. The van der Waals surface area contributed by atoms with Gasteiger partial charge in [-0.05, 0) is 32.2 Å². The lowest BCUT2D eigenvalue weighted by atomic mass is 9.96. The SMILES string of the molecule is C1=C2CCNC2CCC1. The summed E-state index contributed by atoms with van der Waals surface area (Å²) in [5.74, 6) is 0. The monoisotopic (exact) mass is 123 g/mol. The minimum Gasteiger partial charge on any atom is -0.310 e. The summed E-state index contributed by atoms with van der Waals surface area (Å²) in [5.41, 5.74) is 1.68. The Morgan fingerprint density at radius 2 is 2.56 bits per heavy atom. The summed E-state index contributed by atoms with van der Waals surface area (Å²) in [5, 5.41) is 3.49. The van der Waals surface area contributed by atoms with Crippen LogP contribution in [0, 0.1) is 0 Å². The molecule has 2 aliphatic rings. The fraction of sp³-hybridized carbons (Fsp3) is 0.750. The van der Waals surface area contributed by atoms with Gasteiger partial charge in [-0.25, -0.2) is 0 Å². The zero-order valence-electron chi connectivity index (χ0n) is 5.69. The molecule has 0 aromatic rings. The predicted molar refractivity (Wildman–Crippen MR) is 38.3 cm³/mol. The van der Waals surface area contributed by atoms with Gasteiger partial charge in [0.25, 0.3) is 0 Å². The third kappa shape index (κ3) is 0.897. The number of fused-ring (bicyclic) bond motifs is 1. The number of allylic oxidation sites excluding steroid dienone is 1. The molecule has 1 heteroatoms. The second kappa shape index (κ2) is 2.14. The molecular formula is C8H13N. The van der Waals surface area contributed by atoms with E-state index in [0.29, 0.717) is 0 Å². The first kappa shape index (κ1) is 5.48. The molecule has 1 nitrogen and oxygen atoms in total. The lowest BCUT2D eigenvalue weighted by molar-refractivity contribution is 0.567. The molecule has 2 rings (SSSR count). The van der Waals surface area contributed by atoms with E-state index in [1.165, 1.54) is 32.2 Å². The van der Waals surface area contributed by atoms with Crippen LogP contribution in [-0.4, -0.2) is 12.6 Å². The first-order valence-corrected chi connectivity index (χ1v) is 3.89. The summed E-state index contributed by atoms with van der Waals surface area (Å²) < 4.78 is 0. The molecule has 1 heterocycles. The fourth-order valence-electron chi connectivity index (χ4n) is 1.84. The molecule has 1 N–H and O–H groups in total. The van der Waals surface area contributed by atoms with Crippen LogP contribution in [-0.2, 0) is 0 Å². The van der Waals surface area contributed by atoms with E-state index in [1.54, 1.807) is 5.57 Å². The van der Waals surface area contributed by atoms with E-state index in [4.69, 9.17) is 0 Å². The van der Waals surface area contributed by atoms with Crippen molar-refractivity contribution < 1.29 is 0 Å². The predicted octanol–water partition coefficient (Wildman–Crippen LogP) is 1.46. The Kier molecular flexibility index (Phi) is 1.31. The molecule has 1 atom stereocenters. The lowest BCUT2D eigenvalue weighted by Crippen LogP contribution is -2.23. The number of hydrogen-bond acceptors (Lipinski definition) is 1. The minimum atomic E-state index is 0.777. The second-order valence-corrected chi connectivity index (χ2v) is 2.97. The third-order valence-electron chi connectivity index (χ3n) is 2.36. The fourth-order valence-corrected chi connectivity index (χ4v) is 1.84. The summed E-state index contributed by atoms with van der Waals surface area (Å²) in [6, 6.07) is 0.777. The smallest absolute Gasteiger partial charge is 0.0280 e. The van der Waals surface area contributed by atoms with E-state index < -0.39 is 0 Å². The van der Waals surface area contributed by atoms with E-state index in [0.717, 1.165) is 6.04 Å². The van der Waals surface area contributed by atoms with E-state index >= 15 is 0 Å². The van der Waals surface area contributed by atoms with Gasteiger partial charge in [-0.3, -0.25) is 0 Å². The topological polar surface area (TPSA) is 12.0 Å². The molecule has 0 radical (unpaired) electrons. The van der Waals surface area contributed by atoms with Crippen molar-refractivity contribution in [1.82, 2.24) is 5.32 Å². The number of rotatable bonds is 0. The van der Waals surface area contributed by atoms with Crippen LogP contribution in [0.3, 0.4) is 0 Å². The maximum absolute atomic E-state index is 3.49. The average Bonchev–Trinajstić information content (AvgIpc) is 2.33. The van der Waals surface area contributed by atoms with Crippen molar-refractivity contribution in [2.75, 3.05) is 6.54 Å². The van der Waals surface area contributed by atoms with E-state index in [9.17, 15) is 0 Å². The zero-order chi connectivity index (χ0) is 6.10. The molecule has 1 aliphatic heterocycles. The van der Waals surface area contributed by atoms with Gasteiger partial charge in [0.2, 0.25) is 0 Å². The number of nitrogens with one attached hydrogen (secondary N) is 1. The largest absolute Gasteiger partial charge is 0.310 e. The first-order valence-electron chi connectivity index (χ1n) is 3.89. The van der Waals surface area contributed by atoms with Crippen molar-refractivity contribution in [2.45, 2.75) is 31.7 Å². The van der Waals surface area contributed by atoms with Crippen LogP contribution in [0.1, 0.15) is 25.7 Å². The van der Waals surface area contributed by atoms with Crippen molar-refractivity contribution in [1.29, 1.82) is 0 Å². The highest BCUT2D eigenvalue weighted by atomic mass is 14.9. The highest BCUT2D eigenvalue weighted by Gasteiger charge is 2.21. The van der Waals surface area contributed by atoms with Crippen molar-refractivity contribution in [3.63, 3.8) is 0 Å². The molecule has 9 heavy (non-hydrogen) atoms. The average molecular weight is 123 g/mol. The summed E-state index contributed by atoms with van der Waals surface area (Å²) in [4.78, 5) is 0. The molecule has 0 aromatic heterocycles. The molecule has 50 valence electrons. The Morgan fingerprint density at radius 3 is 3.44 bits per heavy atom. The second-order valence-electron chi connectivity index (χ2n) is 2.97. The molecular weight excluding hydrogens is 110 g/mol. The Bertz CT molecular complexity index is 138. The molecule has 0 spiro atoms. The molecule has 0 amide bonds. The van der Waals surface area contributed by atoms with E-state index in [-0.39, 0.29) is 0 Å². The number of hydrogen-bond donors (Lipinski definition) is 1. The highest BCUT2D eigenvalue weighted by molar-refractivity contribution is 5.17. The summed E-state index contributed by atoms with van der Waals surface area (Å²) in [6.07, 6.45) is 7.83. The van der Waals surface area contributed by atoms with Crippen molar-refractivity contribution in [3.05, 3.63) is 11.6 Å². The van der Waals surface area contributed by atoms with Gasteiger partial charge in [0.1, 0.15) is 0 Å². The van der Waals surface area contributed by atoms with Crippen LogP contribution in [0.25, 0.3) is 0 Å². The standard InChI is InChI=1S/C8H13N/c1-2-4-8-7(3-1)5-6-9-8/h3,8-9H,1-2,4-6H2. The van der Waals surface area contributed by atoms with Crippen LogP contribution in [0.4, 0.5) is 0 Å². The Labute approximate surface area is 56.1 Å². The Morgan fingerprint density at radius 1 is 1.56 bits per heavy atom. The van der Waals surface area contributed by atoms with Crippen LogP contribution in [0.15, 0.2) is 11.6 Å². The molecule has 1 unspecified atom stereocenters. The van der Waals surface area contributed by atoms with Gasteiger partial charge in [0.15, 0.2) is 0 Å². The van der Waals surface area contributed by atoms with Crippen molar-refractivity contribution >= 4 is 0 Å². The zero-order valence-corrected chi connectivity index (χ0v) is 5.69. The van der Waals surface area contributed by atoms with Crippen LogP contribution >= 0.6 is 0 Å². The maximum atomic E-state index is 3.49. The summed E-state index contributed by atoms with van der Waals surface area (Å²) in [6.45, 7) is 1.22. The molecule has 0 bridgehead atoms. The summed E-state index contributed by atoms with van der Waals surface area (Å²) >= 11 is 0. The van der Waals surface area contributed by atoms with Gasteiger partial charge in [0, 0.05) is 6.04 Å². The highest BCUT2D eigenvalue weighted by Crippen LogP contribution is 2.24. The van der Waals surface area contributed by atoms with E-state index in [2.05, 4.69) is 11.4 Å². The molecule has 1 saturated heterocycles. The molecule has 0 saturated carbocycles. The molecule has 1 aliphatic carbocycles. The van der Waals surface area contributed by atoms with Crippen molar-refractivity contribution in [3.8, 4) is 0 Å². The lowest BCUT2D eigenvalue weighted by Gasteiger charge is -2.16. The van der Waals surface area contributed by atoms with Crippen LogP contribution < -0.4 is 5.32 Å². The Hall–Kier alpha value is -0.300. The third-order valence-corrected chi connectivity index (χ3v) is 2.36. The quantitative estimate of drug-likeness (QED) is 0.481. The van der Waals surface area contributed by atoms with Gasteiger partial charge in [-0.1, -0.05) is 11.6 Å². The normalized spacial score (nSPS) is 33.8. The van der Waals surface area contributed by atoms with Crippen LogP contribution in [0.5, 0.6) is 0 Å². The summed E-state index contributed by atoms with van der Waals surface area (Å²) in [7, 11) is 0. The Balaban J connectivity index is 2.16. The van der Waals surface area contributed by atoms with Gasteiger partial charge in [0.05, 0.1) is 0 Å². The maximum Gasteiger partial charge on any atom is 0.0280 e. The van der Waals surface area contributed by atoms with Gasteiger partial charge in [-0.2, -0.15) is 0 Å².